The van der Waals surface area contributed by atoms with E-state index in [9.17, 15) is 0 Å². The van der Waals surface area contributed by atoms with E-state index in [1.54, 1.807) is 6.20 Å². The molecule has 2 aromatic heterocycles. The largest absolute Gasteiger partial charge is 0.338 e. The lowest BCUT2D eigenvalue weighted by atomic mass is 10.2. The highest BCUT2D eigenvalue weighted by molar-refractivity contribution is 5.79. The molecule has 16 heavy (non-hydrogen) atoms. The number of imidazole rings is 1. The van der Waals surface area contributed by atoms with Crippen LogP contribution >= 0.6 is 0 Å². The van der Waals surface area contributed by atoms with E-state index in [1.165, 1.54) is 0 Å². The molecule has 0 saturated carbocycles. The summed E-state index contributed by atoms with van der Waals surface area (Å²) in [5, 5.41) is 6.66. The van der Waals surface area contributed by atoms with Crippen LogP contribution in [0, 0.1) is 0 Å². The number of nitrogens with two attached hydrogens (primary N) is 1. The molecule has 0 atom stereocenters. The standard InChI is InChI=1S/C11H11N5/c12-4-7-1-2-9-10(3-7)16-11(15-9)8-5-13-14-6-8/h1-3,5-6H,4,12H2,(H,13,14)(H,15,16). The van der Waals surface area contributed by atoms with Crippen LogP contribution in [0.2, 0.25) is 0 Å². The minimum absolute atomic E-state index is 0.538. The average molecular weight is 213 g/mol. The first-order chi connectivity index (χ1) is 7.86. The van der Waals surface area contributed by atoms with Crippen LogP contribution in [0.25, 0.3) is 22.4 Å². The fourth-order valence-corrected chi connectivity index (χ4v) is 1.70. The number of fused-ring (bicyclic) bond motifs is 1. The molecule has 5 heteroatoms. The van der Waals surface area contributed by atoms with Crippen LogP contribution in [0.5, 0.6) is 0 Å². The lowest BCUT2D eigenvalue weighted by molar-refractivity contribution is 1.07. The second-order valence-corrected chi connectivity index (χ2v) is 3.63. The van der Waals surface area contributed by atoms with E-state index in [0.29, 0.717) is 6.54 Å². The highest BCUT2D eigenvalue weighted by atomic mass is 15.1. The number of nitrogens with one attached hydrogen (secondary N) is 2. The monoisotopic (exact) mass is 213 g/mol. The van der Waals surface area contributed by atoms with Gasteiger partial charge < -0.3 is 10.7 Å². The summed E-state index contributed by atoms with van der Waals surface area (Å²) in [7, 11) is 0. The Morgan fingerprint density at radius 1 is 1.31 bits per heavy atom. The maximum Gasteiger partial charge on any atom is 0.141 e. The molecule has 1 aromatic carbocycles. The van der Waals surface area contributed by atoms with Crippen LogP contribution < -0.4 is 5.73 Å². The van der Waals surface area contributed by atoms with Gasteiger partial charge in [0.1, 0.15) is 5.82 Å². The Morgan fingerprint density at radius 2 is 2.25 bits per heavy atom. The maximum atomic E-state index is 5.59. The highest BCUT2D eigenvalue weighted by Gasteiger charge is 2.06. The van der Waals surface area contributed by atoms with Gasteiger partial charge in [-0.1, -0.05) is 6.07 Å². The van der Waals surface area contributed by atoms with Crippen molar-refractivity contribution >= 4 is 11.0 Å². The third-order valence-electron chi connectivity index (χ3n) is 2.55. The van der Waals surface area contributed by atoms with Gasteiger partial charge in [0, 0.05) is 12.7 Å². The zero-order valence-electron chi connectivity index (χ0n) is 8.57. The maximum absolute atomic E-state index is 5.59. The molecule has 5 nitrogen and oxygen atoms in total. The Morgan fingerprint density at radius 3 is 3.00 bits per heavy atom. The molecule has 0 amide bonds. The van der Waals surface area contributed by atoms with E-state index in [1.807, 2.05) is 24.4 Å². The topological polar surface area (TPSA) is 83.4 Å². The van der Waals surface area contributed by atoms with E-state index >= 15 is 0 Å². The predicted molar refractivity (Wildman–Crippen MR) is 61.6 cm³/mol. The van der Waals surface area contributed by atoms with Crippen LogP contribution in [0.1, 0.15) is 5.56 Å². The average Bonchev–Trinajstić information content (AvgIpc) is 2.96. The van der Waals surface area contributed by atoms with Crippen molar-refractivity contribution in [2.24, 2.45) is 5.73 Å². The van der Waals surface area contributed by atoms with Gasteiger partial charge >= 0.3 is 0 Å². The van der Waals surface area contributed by atoms with Gasteiger partial charge in [0.25, 0.3) is 0 Å². The zero-order chi connectivity index (χ0) is 11.0. The molecule has 2 heterocycles. The number of H-pyrrole nitrogens is 2. The van der Waals surface area contributed by atoms with Crippen LogP contribution in [0.4, 0.5) is 0 Å². The van der Waals surface area contributed by atoms with Gasteiger partial charge in [0.05, 0.1) is 22.8 Å². The molecular weight excluding hydrogens is 202 g/mol. The second-order valence-electron chi connectivity index (χ2n) is 3.63. The van der Waals surface area contributed by atoms with Crippen molar-refractivity contribution in [3.63, 3.8) is 0 Å². The molecule has 0 bridgehead atoms. The second kappa shape index (κ2) is 3.46. The fraction of sp³-hybridized carbons (Fsp3) is 0.0909. The molecule has 4 N–H and O–H groups in total. The molecule has 0 radical (unpaired) electrons. The summed E-state index contributed by atoms with van der Waals surface area (Å²) in [4.78, 5) is 7.72. The summed E-state index contributed by atoms with van der Waals surface area (Å²) in [5.74, 6) is 0.818. The van der Waals surface area contributed by atoms with Crippen LogP contribution in [0.3, 0.4) is 0 Å². The Bertz CT molecular complexity index is 608. The number of nitrogens with zero attached hydrogens (tertiary/aromatic N) is 2. The van der Waals surface area contributed by atoms with Crippen molar-refractivity contribution in [1.82, 2.24) is 20.2 Å². The van der Waals surface area contributed by atoms with E-state index in [0.717, 1.165) is 28.0 Å². The van der Waals surface area contributed by atoms with E-state index in [4.69, 9.17) is 5.73 Å². The van der Waals surface area contributed by atoms with E-state index in [2.05, 4.69) is 20.2 Å². The lowest BCUT2D eigenvalue weighted by Gasteiger charge is -1.94. The van der Waals surface area contributed by atoms with Crippen molar-refractivity contribution in [1.29, 1.82) is 0 Å². The van der Waals surface area contributed by atoms with Crippen LogP contribution in [-0.2, 0) is 6.54 Å². The van der Waals surface area contributed by atoms with Gasteiger partial charge in [-0.3, -0.25) is 5.10 Å². The van der Waals surface area contributed by atoms with Crippen molar-refractivity contribution < 1.29 is 0 Å². The van der Waals surface area contributed by atoms with Gasteiger partial charge in [-0.05, 0) is 17.7 Å². The molecule has 3 aromatic rings. The van der Waals surface area contributed by atoms with Crippen molar-refractivity contribution in [2.75, 3.05) is 0 Å². The Hall–Kier alpha value is -2.14. The van der Waals surface area contributed by atoms with Crippen LogP contribution in [0.15, 0.2) is 30.6 Å². The van der Waals surface area contributed by atoms with Crippen LogP contribution in [-0.4, -0.2) is 20.2 Å². The molecule has 0 unspecified atom stereocenters. The molecule has 0 aliphatic rings. The first-order valence-corrected chi connectivity index (χ1v) is 5.04. The molecule has 0 aliphatic carbocycles. The summed E-state index contributed by atoms with van der Waals surface area (Å²) in [5.41, 5.74) is 9.57. The molecule has 0 saturated heterocycles. The van der Waals surface area contributed by atoms with Gasteiger partial charge in [-0.25, -0.2) is 4.98 Å². The fourth-order valence-electron chi connectivity index (χ4n) is 1.70. The van der Waals surface area contributed by atoms with Crippen molar-refractivity contribution in [2.45, 2.75) is 6.54 Å². The van der Waals surface area contributed by atoms with Crippen molar-refractivity contribution in [3.8, 4) is 11.4 Å². The number of hydrogen-bond donors (Lipinski definition) is 3. The SMILES string of the molecule is NCc1ccc2nc(-c3cn[nH]c3)[nH]c2c1. The van der Waals surface area contributed by atoms with Gasteiger partial charge in [-0.15, -0.1) is 0 Å². The van der Waals surface area contributed by atoms with Gasteiger partial charge in [0.15, 0.2) is 0 Å². The third-order valence-corrected chi connectivity index (χ3v) is 2.55. The first-order valence-electron chi connectivity index (χ1n) is 5.04. The molecular formula is C11H11N5. The quantitative estimate of drug-likeness (QED) is 0.601. The lowest BCUT2D eigenvalue weighted by Crippen LogP contribution is -1.95. The van der Waals surface area contributed by atoms with E-state index < -0.39 is 0 Å². The summed E-state index contributed by atoms with van der Waals surface area (Å²) < 4.78 is 0. The predicted octanol–water partition coefficient (Wildman–Crippen LogP) is 1.41. The molecule has 0 fully saturated rings. The summed E-state index contributed by atoms with van der Waals surface area (Å²) in [6, 6.07) is 5.98. The normalized spacial score (nSPS) is 11.1. The summed E-state index contributed by atoms with van der Waals surface area (Å²) in [6.07, 6.45) is 3.54. The summed E-state index contributed by atoms with van der Waals surface area (Å²) in [6.45, 7) is 0.538. The zero-order valence-corrected chi connectivity index (χ0v) is 8.57. The Kier molecular flexibility index (Phi) is 1.97. The number of rotatable bonds is 2. The molecule has 0 aliphatic heterocycles. The smallest absolute Gasteiger partial charge is 0.141 e. The molecule has 0 spiro atoms. The minimum atomic E-state index is 0.538. The summed E-state index contributed by atoms with van der Waals surface area (Å²) >= 11 is 0. The molecule has 80 valence electrons. The number of aromatic amines is 2. The van der Waals surface area contributed by atoms with Crippen molar-refractivity contribution in [3.05, 3.63) is 36.2 Å². The Balaban J connectivity index is 2.16. The highest BCUT2D eigenvalue weighted by Crippen LogP contribution is 2.19. The minimum Gasteiger partial charge on any atom is -0.338 e. The Labute approximate surface area is 91.7 Å². The molecule has 3 rings (SSSR count). The van der Waals surface area contributed by atoms with E-state index in [-0.39, 0.29) is 0 Å². The third kappa shape index (κ3) is 1.38. The number of aromatic nitrogens is 4. The number of hydrogen-bond acceptors (Lipinski definition) is 3. The number of benzene rings is 1. The van der Waals surface area contributed by atoms with Gasteiger partial charge in [0.2, 0.25) is 0 Å². The van der Waals surface area contributed by atoms with Gasteiger partial charge in [-0.2, -0.15) is 5.10 Å². The first kappa shape index (κ1) is 9.11.